The van der Waals surface area contributed by atoms with Gasteiger partial charge in [-0.2, -0.15) is 5.10 Å². The number of hydrogen-bond acceptors (Lipinski definition) is 6. The van der Waals surface area contributed by atoms with Gasteiger partial charge in [-0.3, -0.25) is 4.79 Å². The Kier molecular flexibility index (Phi) is 4.29. The topological polar surface area (TPSA) is 89.9 Å². The minimum absolute atomic E-state index is 0.0201. The number of piperidine rings is 1. The van der Waals surface area contributed by atoms with Crippen molar-refractivity contribution in [2.75, 3.05) is 13.1 Å². The van der Waals surface area contributed by atoms with Gasteiger partial charge in [0.15, 0.2) is 0 Å². The van der Waals surface area contributed by atoms with Crippen LogP contribution in [-0.4, -0.2) is 48.8 Å². The average Bonchev–Trinajstić information content (AvgIpc) is 3.36. The Morgan fingerprint density at radius 1 is 1.06 bits per heavy atom. The summed E-state index contributed by atoms with van der Waals surface area (Å²) in [6.07, 6.45) is 7.23. The monoisotopic (exact) mass is 414 g/mol. The van der Waals surface area contributed by atoms with E-state index in [2.05, 4.69) is 15.2 Å². The van der Waals surface area contributed by atoms with E-state index in [1.807, 2.05) is 46.0 Å². The average molecular weight is 414 g/mol. The molecule has 1 saturated carbocycles. The van der Waals surface area contributed by atoms with Gasteiger partial charge < -0.3 is 9.42 Å². The van der Waals surface area contributed by atoms with Crippen LogP contribution in [0, 0.1) is 0 Å². The highest BCUT2D eigenvalue weighted by molar-refractivity contribution is 6.09. The highest BCUT2D eigenvalue weighted by atomic mass is 16.5. The summed E-state index contributed by atoms with van der Waals surface area (Å²) in [5.74, 6) is 0.436. The zero-order valence-corrected chi connectivity index (χ0v) is 17.0. The van der Waals surface area contributed by atoms with Crippen LogP contribution >= 0.6 is 0 Å². The van der Waals surface area contributed by atoms with Crippen molar-refractivity contribution in [3.8, 4) is 11.3 Å². The Morgan fingerprint density at radius 3 is 2.58 bits per heavy atom. The first-order valence-electron chi connectivity index (χ1n) is 10.8. The molecule has 8 heteroatoms. The molecule has 0 spiro atoms. The fourth-order valence-corrected chi connectivity index (χ4v) is 4.43. The Bertz CT molecular complexity index is 1220. The summed E-state index contributed by atoms with van der Waals surface area (Å²) in [6, 6.07) is 12.1. The number of amides is 1. The summed E-state index contributed by atoms with van der Waals surface area (Å²) in [6.45, 7) is 1.36. The number of aromatic nitrogens is 5. The van der Waals surface area contributed by atoms with Crippen molar-refractivity contribution in [1.82, 2.24) is 29.8 Å². The molecule has 3 aromatic heterocycles. The standard InChI is InChI=1S/C23H22N6O2/c30-23(28-10-8-17(9-11-28)29-14-24-13-25-29)18-12-19(15-6-7-15)26-22-20(18)21(27-31-22)16-4-2-1-3-5-16/h1-5,12-15,17H,6-11H2. The predicted octanol–water partition coefficient (Wildman–Crippen LogP) is 3.84. The number of carbonyl (C=O) groups excluding carboxylic acids is 1. The molecule has 1 aliphatic carbocycles. The molecule has 31 heavy (non-hydrogen) atoms. The van der Waals surface area contributed by atoms with Gasteiger partial charge in [-0.15, -0.1) is 0 Å². The predicted molar refractivity (Wildman–Crippen MR) is 113 cm³/mol. The van der Waals surface area contributed by atoms with E-state index in [0.29, 0.717) is 41.4 Å². The molecule has 0 bridgehead atoms. The number of nitrogens with zero attached hydrogens (tertiary/aromatic N) is 6. The van der Waals surface area contributed by atoms with Crippen molar-refractivity contribution in [2.45, 2.75) is 37.6 Å². The smallest absolute Gasteiger partial charge is 0.259 e. The fraction of sp³-hybridized carbons (Fsp3) is 0.348. The molecule has 1 saturated heterocycles. The first kappa shape index (κ1) is 18.2. The lowest BCUT2D eigenvalue weighted by Crippen LogP contribution is -2.39. The SMILES string of the molecule is O=C(c1cc(C2CC2)nc2onc(-c3ccccc3)c12)N1CCC(n2cncn2)CC1. The Labute approximate surface area is 178 Å². The number of carbonyl (C=O) groups is 1. The molecule has 156 valence electrons. The van der Waals surface area contributed by atoms with Crippen molar-refractivity contribution >= 4 is 17.0 Å². The van der Waals surface area contributed by atoms with Crippen LogP contribution in [0.5, 0.6) is 0 Å². The van der Waals surface area contributed by atoms with Gasteiger partial charge in [0.1, 0.15) is 18.3 Å². The third-order valence-electron chi connectivity index (χ3n) is 6.30. The summed E-state index contributed by atoms with van der Waals surface area (Å²) >= 11 is 0. The molecular weight excluding hydrogens is 392 g/mol. The number of hydrogen-bond donors (Lipinski definition) is 0. The number of rotatable bonds is 4. The second-order valence-corrected chi connectivity index (χ2v) is 8.35. The van der Waals surface area contributed by atoms with E-state index in [0.717, 1.165) is 36.9 Å². The van der Waals surface area contributed by atoms with E-state index < -0.39 is 0 Å². The van der Waals surface area contributed by atoms with Crippen molar-refractivity contribution < 1.29 is 9.32 Å². The van der Waals surface area contributed by atoms with Gasteiger partial charge in [-0.25, -0.2) is 14.6 Å². The second-order valence-electron chi connectivity index (χ2n) is 8.35. The van der Waals surface area contributed by atoms with Crippen LogP contribution in [0.1, 0.15) is 53.7 Å². The van der Waals surface area contributed by atoms with Gasteiger partial charge in [0.05, 0.1) is 17.0 Å². The summed E-state index contributed by atoms with van der Waals surface area (Å²) in [7, 11) is 0. The third kappa shape index (κ3) is 3.28. The molecular formula is C23H22N6O2. The summed E-state index contributed by atoms with van der Waals surface area (Å²) in [5.41, 5.74) is 3.62. The molecule has 1 aromatic carbocycles. The van der Waals surface area contributed by atoms with Gasteiger partial charge in [0.25, 0.3) is 11.6 Å². The van der Waals surface area contributed by atoms with Crippen LogP contribution in [0.15, 0.2) is 53.6 Å². The highest BCUT2D eigenvalue weighted by Crippen LogP contribution is 2.41. The maximum atomic E-state index is 13.7. The van der Waals surface area contributed by atoms with Crippen LogP contribution in [-0.2, 0) is 0 Å². The van der Waals surface area contributed by atoms with Gasteiger partial charge in [-0.05, 0) is 31.7 Å². The number of fused-ring (bicyclic) bond motifs is 1. The van der Waals surface area contributed by atoms with E-state index in [9.17, 15) is 4.79 Å². The summed E-state index contributed by atoms with van der Waals surface area (Å²) in [4.78, 5) is 24.4. The molecule has 2 fully saturated rings. The number of likely N-dealkylation sites (tertiary alicyclic amines) is 1. The molecule has 6 rings (SSSR count). The molecule has 0 unspecified atom stereocenters. The number of benzene rings is 1. The Balaban J connectivity index is 1.37. The molecule has 0 N–H and O–H groups in total. The molecule has 4 aromatic rings. The quantitative estimate of drug-likeness (QED) is 0.504. The van der Waals surface area contributed by atoms with E-state index in [1.165, 1.54) is 0 Å². The van der Waals surface area contributed by atoms with Gasteiger partial charge in [0, 0.05) is 30.3 Å². The molecule has 1 amide bonds. The molecule has 0 atom stereocenters. The molecule has 1 aliphatic heterocycles. The van der Waals surface area contributed by atoms with Crippen LogP contribution in [0.2, 0.25) is 0 Å². The lowest BCUT2D eigenvalue weighted by Gasteiger charge is -2.32. The first-order chi connectivity index (χ1) is 15.3. The lowest BCUT2D eigenvalue weighted by molar-refractivity contribution is 0.0691. The van der Waals surface area contributed by atoms with Crippen molar-refractivity contribution in [2.24, 2.45) is 0 Å². The summed E-state index contributed by atoms with van der Waals surface area (Å²) < 4.78 is 7.51. The second kappa shape index (κ2) is 7.30. The highest BCUT2D eigenvalue weighted by Gasteiger charge is 2.32. The largest absolute Gasteiger partial charge is 0.338 e. The summed E-state index contributed by atoms with van der Waals surface area (Å²) in [5, 5.41) is 9.26. The third-order valence-corrected chi connectivity index (χ3v) is 6.30. The van der Waals surface area contributed by atoms with Crippen molar-refractivity contribution in [3.63, 3.8) is 0 Å². The maximum absolute atomic E-state index is 13.7. The van der Waals surface area contributed by atoms with Gasteiger partial charge in [-0.1, -0.05) is 35.5 Å². The minimum atomic E-state index is 0.0201. The van der Waals surface area contributed by atoms with E-state index in [-0.39, 0.29) is 11.9 Å². The van der Waals surface area contributed by atoms with Crippen LogP contribution in [0.3, 0.4) is 0 Å². The lowest BCUT2D eigenvalue weighted by atomic mass is 10.0. The molecule has 4 heterocycles. The van der Waals surface area contributed by atoms with Crippen molar-refractivity contribution in [1.29, 1.82) is 0 Å². The molecule has 2 aliphatic rings. The molecule has 8 nitrogen and oxygen atoms in total. The van der Waals surface area contributed by atoms with Gasteiger partial charge in [0.2, 0.25) is 0 Å². The van der Waals surface area contributed by atoms with E-state index >= 15 is 0 Å². The Hall–Kier alpha value is -3.55. The zero-order valence-electron chi connectivity index (χ0n) is 17.0. The van der Waals surface area contributed by atoms with Crippen LogP contribution in [0.25, 0.3) is 22.4 Å². The zero-order chi connectivity index (χ0) is 20.8. The Morgan fingerprint density at radius 2 is 1.87 bits per heavy atom. The van der Waals surface area contributed by atoms with E-state index in [4.69, 9.17) is 9.51 Å². The normalized spacial score (nSPS) is 17.4. The van der Waals surface area contributed by atoms with Gasteiger partial charge >= 0.3 is 0 Å². The first-order valence-corrected chi connectivity index (χ1v) is 10.8. The molecule has 0 radical (unpaired) electrons. The van der Waals surface area contributed by atoms with Crippen molar-refractivity contribution in [3.05, 3.63) is 60.3 Å². The maximum Gasteiger partial charge on any atom is 0.259 e. The van der Waals surface area contributed by atoms with Crippen LogP contribution < -0.4 is 0 Å². The fourth-order valence-electron chi connectivity index (χ4n) is 4.43. The van der Waals surface area contributed by atoms with E-state index in [1.54, 1.807) is 12.7 Å². The minimum Gasteiger partial charge on any atom is -0.338 e. The number of pyridine rings is 1. The van der Waals surface area contributed by atoms with Crippen LogP contribution in [0.4, 0.5) is 0 Å².